The van der Waals surface area contributed by atoms with Gasteiger partial charge in [0.1, 0.15) is 5.75 Å². The van der Waals surface area contributed by atoms with Crippen molar-refractivity contribution in [2.45, 2.75) is 19.4 Å². The Kier molecular flexibility index (Phi) is 7.52. The van der Waals surface area contributed by atoms with Crippen LogP contribution >= 0.6 is 11.6 Å². The van der Waals surface area contributed by atoms with E-state index in [1.54, 1.807) is 36.4 Å². The summed E-state index contributed by atoms with van der Waals surface area (Å²) in [6.07, 6.45) is -0.402. The van der Waals surface area contributed by atoms with Crippen LogP contribution in [0.5, 0.6) is 17.2 Å². The molecule has 0 aromatic heterocycles. The first-order chi connectivity index (χ1) is 13.3. The zero-order valence-electron chi connectivity index (χ0n) is 15.8. The quantitative estimate of drug-likeness (QED) is 0.684. The number of carbonyl (C=O) groups is 2. The van der Waals surface area contributed by atoms with Crippen LogP contribution in [0.2, 0.25) is 5.02 Å². The summed E-state index contributed by atoms with van der Waals surface area (Å²) in [5.74, 6) is -0.376. The molecule has 1 N–H and O–H groups in total. The van der Waals surface area contributed by atoms with Crippen molar-refractivity contribution < 1.29 is 28.9 Å². The standard InChI is InChI=1S/C20H22ClNO6/c1-12-8-14(5-6-15(12)21)28-11-19(23)22-16(10-20(24)25)13-4-7-17(26-2)18(9-13)27-3/h4-9,16H,10-11H2,1-3H3,(H,22,23)(H,24,25)/p-1/t16-/m1/s1. The van der Waals surface area contributed by atoms with Gasteiger partial charge in [0.05, 0.1) is 20.3 Å². The minimum atomic E-state index is -1.30. The summed E-state index contributed by atoms with van der Waals surface area (Å²) in [6, 6.07) is 9.11. The topological polar surface area (TPSA) is 96.9 Å². The summed E-state index contributed by atoms with van der Waals surface area (Å²) in [4.78, 5) is 23.4. The lowest BCUT2D eigenvalue weighted by atomic mass is 10.0. The van der Waals surface area contributed by atoms with Crippen molar-refractivity contribution in [2.75, 3.05) is 20.8 Å². The lowest BCUT2D eigenvalue weighted by Crippen LogP contribution is -2.36. The molecule has 150 valence electrons. The number of aliphatic carboxylic acids is 1. The molecule has 28 heavy (non-hydrogen) atoms. The van der Waals surface area contributed by atoms with E-state index in [1.807, 2.05) is 6.92 Å². The van der Waals surface area contributed by atoms with Gasteiger partial charge in [0, 0.05) is 17.4 Å². The number of rotatable bonds is 9. The number of carboxylic acid groups (broad SMARTS) is 1. The average molecular weight is 407 g/mol. The van der Waals surface area contributed by atoms with E-state index >= 15 is 0 Å². The second-order valence-corrected chi connectivity index (χ2v) is 6.42. The highest BCUT2D eigenvalue weighted by atomic mass is 35.5. The molecule has 0 aliphatic rings. The summed E-state index contributed by atoms with van der Waals surface area (Å²) in [6.45, 7) is 1.54. The summed E-state index contributed by atoms with van der Waals surface area (Å²) in [5.41, 5.74) is 1.36. The molecule has 0 unspecified atom stereocenters. The molecule has 1 atom stereocenters. The van der Waals surface area contributed by atoms with Crippen molar-refractivity contribution >= 4 is 23.5 Å². The lowest BCUT2D eigenvalue weighted by Gasteiger charge is -2.21. The summed E-state index contributed by atoms with van der Waals surface area (Å²) >= 11 is 5.96. The first-order valence-corrected chi connectivity index (χ1v) is 8.82. The fourth-order valence-corrected chi connectivity index (χ4v) is 2.70. The Morgan fingerprint density at radius 1 is 1.11 bits per heavy atom. The van der Waals surface area contributed by atoms with Gasteiger partial charge in [-0.3, -0.25) is 4.79 Å². The SMILES string of the molecule is COc1ccc([C@@H](CC(=O)[O-])NC(=O)COc2ccc(Cl)c(C)c2)cc1OC. The Bertz CT molecular complexity index is 855. The number of hydrogen-bond acceptors (Lipinski definition) is 6. The fraction of sp³-hybridized carbons (Fsp3) is 0.300. The van der Waals surface area contributed by atoms with Crippen LogP contribution in [0.15, 0.2) is 36.4 Å². The largest absolute Gasteiger partial charge is 0.550 e. The molecule has 0 aliphatic heterocycles. The van der Waals surface area contributed by atoms with Gasteiger partial charge in [0.15, 0.2) is 18.1 Å². The van der Waals surface area contributed by atoms with Gasteiger partial charge in [0.25, 0.3) is 5.91 Å². The van der Waals surface area contributed by atoms with Crippen molar-refractivity contribution in [3.8, 4) is 17.2 Å². The van der Waals surface area contributed by atoms with Crippen molar-refractivity contribution in [1.29, 1.82) is 0 Å². The number of carboxylic acids is 1. The molecule has 0 radical (unpaired) electrons. The first-order valence-electron chi connectivity index (χ1n) is 8.44. The second kappa shape index (κ2) is 9.85. The highest BCUT2D eigenvalue weighted by Crippen LogP contribution is 2.31. The molecule has 0 heterocycles. The predicted octanol–water partition coefficient (Wildman–Crippen LogP) is 2.04. The average Bonchev–Trinajstić information content (AvgIpc) is 2.67. The Balaban J connectivity index is 2.09. The number of methoxy groups -OCH3 is 2. The number of carbonyl (C=O) groups excluding carboxylic acids is 2. The highest BCUT2D eigenvalue weighted by molar-refractivity contribution is 6.31. The molecular weight excluding hydrogens is 386 g/mol. The van der Waals surface area contributed by atoms with Gasteiger partial charge in [-0.25, -0.2) is 0 Å². The molecule has 2 rings (SSSR count). The number of ether oxygens (including phenoxy) is 3. The zero-order valence-corrected chi connectivity index (χ0v) is 16.5. The molecule has 8 heteroatoms. The van der Waals surface area contributed by atoms with Crippen LogP contribution in [-0.4, -0.2) is 32.7 Å². The van der Waals surface area contributed by atoms with Crippen molar-refractivity contribution in [3.05, 3.63) is 52.5 Å². The van der Waals surface area contributed by atoms with Crippen LogP contribution in [0, 0.1) is 6.92 Å². The molecule has 2 aromatic rings. The minimum Gasteiger partial charge on any atom is -0.550 e. The third-order valence-corrected chi connectivity index (χ3v) is 4.44. The van der Waals surface area contributed by atoms with Crippen molar-refractivity contribution in [2.24, 2.45) is 0 Å². The lowest BCUT2D eigenvalue weighted by molar-refractivity contribution is -0.306. The Hall–Kier alpha value is -2.93. The molecule has 7 nitrogen and oxygen atoms in total. The van der Waals surface area contributed by atoms with Gasteiger partial charge in [-0.15, -0.1) is 0 Å². The molecule has 1 amide bonds. The Morgan fingerprint density at radius 3 is 2.43 bits per heavy atom. The molecule has 0 saturated heterocycles. The normalized spacial score (nSPS) is 11.4. The Labute approximate surface area is 168 Å². The maximum Gasteiger partial charge on any atom is 0.258 e. The molecule has 0 saturated carbocycles. The summed E-state index contributed by atoms with van der Waals surface area (Å²) < 4.78 is 15.8. The van der Waals surface area contributed by atoms with E-state index in [1.165, 1.54) is 14.2 Å². The number of hydrogen-bond donors (Lipinski definition) is 1. The summed E-state index contributed by atoms with van der Waals surface area (Å²) in [5, 5.41) is 14.4. The maximum atomic E-state index is 12.3. The van der Waals surface area contributed by atoms with Crippen LogP contribution in [-0.2, 0) is 9.59 Å². The van der Waals surface area contributed by atoms with Crippen LogP contribution in [0.1, 0.15) is 23.6 Å². The Morgan fingerprint density at radius 2 is 1.82 bits per heavy atom. The van der Waals surface area contributed by atoms with Crippen LogP contribution in [0.25, 0.3) is 0 Å². The van der Waals surface area contributed by atoms with E-state index in [9.17, 15) is 14.7 Å². The van der Waals surface area contributed by atoms with Gasteiger partial charge in [-0.1, -0.05) is 17.7 Å². The smallest absolute Gasteiger partial charge is 0.258 e. The highest BCUT2D eigenvalue weighted by Gasteiger charge is 2.18. The van der Waals surface area contributed by atoms with Gasteiger partial charge in [-0.2, -0.15) is 0 Å². The predicted molar refractivity (Wildman–Crippen MR) is 102 cm³/mol. The van der Waals surface area contributed by atoms with Gasteiger partial charge in [0.2, 0.25) is 0 Å². The third-order valence-electron chi connectivity index (χ3n) is 4.02. The molecule has 0 aliphatic carbocycles. The zero-order chi connectivity index (χ0) is 20.7. The number of amides is 1. The molecule has 0 bridgehead atoms. The third kappa shape index (κ3) is 5.79. The van der Waals surface area contributed by atoms with E-state index in [2.05, 4.69) is 5.32 Å². The van der Waals surface area contributed by atoms with Crippen LogP contribution < -0.4 is 24.6 Å². The van der Waals surface area contributed by atoms with Crippen molar-refractivity contribution in [1.82, 2.24) is 5.32 Å². The second-order valence-electron chi connectivity index (χ2n) is 6.01. The number of benzene rings is 2. The monoisotopic (exact) mass is 406 g/mol. The maximum absolute atomic E-state index is 12.3. The number of halogens is 1. The van der Waals surface area contributed by atoms with Gasteiger partial charge in [-0.05, 0) is 48.4 Å². The molecule has 0 spiro atoms. The van der Waals surface area contributed by atoms with E-state index < -0.39 is 24.3 Å². The first kappa shape index (κ1) is 21.4. The molecule has 2 aromatic carbocycles. The molecule has 0 fully saturated rings. The van der Waals surface area contributed by atoms with E-state index in [4.69, 9.17) is 25.8 Å². The fourth-order valence-electron chi connectivity index (χ4n) is 2.58. The number of nitrogens with one attached hydrogen (secondary N) is 1. The van der Waals surface area contributed by atoms with E-state index in [-0.39, 0.29) is 6.61 Å². The summed E-state index contributed by atoms with van der Waals surface area (Å²) in [7, 11) is 2.96. The number of aryl methyl sites for hydroxylation is 1. The van der Waals surface area contributed by atoms with Crippen LogP contribution in [0.3, 0.4) is 0 Å². The molecular formula is C20H21ClNO6-. The van der Waals surface area contributed by atoms with Gasteiger partial charge >= 0.3 is 0 Å². The minimum absolute atomic E-state index is 0.280. The van der Waals surface area contributed by atoms with Crippen molar-refractivity contribution in [3.63, 3.8) is 0 Å². The van der Waals surface area contributed by atoms with E-state index in [0.717, 1.165) is 5.56 Å². The van der Waals surface area contributed by atoms with Crippen LogP contribution in [0.4, 0.5) is 0 Å². The van der Waals surface area contributed by atoms with E-state index in [0.29, 0.717) is 27.8 Å². The van der Waals surface area contributed by atoms with Gasteiger partial charge < -0.3 is 29.4 Å².